The van der Waals surface area contributed by atoms with Crippen LogP contribution in [0.15, 0.2) is 41.3 Å². The van der Waals surface area contributed by atoms with Crippen LogP contribution >= 0.6 is 11.8 Å². The second-order valence-corrected chi connectivity index (χ2v) is 7.12. The molecular weight excluding hydrogens is 362 g/mol. The molecule has 5 nitrogen and oxygen atoms in total. The van der Waals surface area contributed by atoms with Crippen LogP contribution < -0.4 is 5.73 Å². The fraction of sp³-hybridized carbons (Fsp3) is 0.286. The van der Waals surface area contributed by atoms with Crippen molar-refractivity contribution in [1.82, 2.24) is 0 Å². The lowest BCUT2D eigenvalue weighted by molar-refractivity contribution is -0.137. The Morgan fingerprint density at radius 2 is 1.70 bits per heavy atom. The van der Waals surface area contributed by atoms with Gasteiger partial charge in [-0.1, -0.05) is 49.2 Å². The Bertz CT molecular complexity index is 860. The molecule has 0 radical (unpaired) electrons. The number of hydrogen-bond donors (Lipinski definition) is 2. The first-order valence-corrected chi connectivity index (χ1v) is 9.75. The predicted molar refractivity (Wildman–Crippen MR) is 110 cm³/mol. The maximum absolute atomic E-state index is 11.5. The van der Waals surface area contributed by atoms with Crippen LogP contribution in [0.2, 0.25) is 0 Å². The van der Waals surface area contributed by atoms with Gasteiger partial charge in [-0.25, -0.2) is 0 Å². The maximum atomic E-state index is 11.5. The van der Waals surface area contributed by atoms with Gasteiger partial charge < -0.3 is 10.8 Å². The van der Waals surface area contributed by atoms with Crippen molar-refractivity contribution in [2.45, 2.75) is 38.5 Å². The topological polar surface area (TPSA) is 97.5 Å². The van der Waals surface area contributed by atoms with Crippen molar-refractivity contribution in [3.63, 3.8) is 0 Å². The number of hydrogen-bond acceptors (Lipinski definition) is 4. The normalized spacial score (nSPS) is 11.5. The number of aliphatic carboxylic acids is 1. The first-order valence-electron chi connectivity index (χ1n) is 8.87. The van der Waals surface area contributed by atoms with Crippen molar-refractivity contribution in [3.05, 3.63) is 52.4 Å². The number of carbonyl (C=O) groups is 3. The second kappa shape index (κ2) is 10.5. The van der Waals surface area contributed by atoms with Gasteiger partial charge in [0, 0.05) is 6.42 Å². The molecule has 2 aromatic carbocycles. The lowest BCUT2D eigenvalue weighted by Crippen LogP contribution is -2.11. The minimum atomic E-state index is -0.743. The summed E-state index contributed by atoms with van der Waals surface area (Å²) in [5.74, 6) is -1.37. The molecule has 2 rings (SSSR count). The molecule has 0 aliphatic carbocycles. The van der Waals surface area contributed by atoms with E-state index in [0.717, 1.165) is 53.8 Å². The van der Waals surface area contributed by atoms with Gasteiger partial charge in [0.15, 0.2) is 5.62 Å². The lowest BCUT2D eigenvalue weighted by atomic mass is 9.95. The van der Waals surface area contributed by atoms with E-state index in [-0.39, 0.29) is 11.3 Å². The third-order valence-corrected chi connectivity index (χ3v) is 5.01. The van der Waals surface area contributed by atoms with E-state index >= 15 is 0 Å². The molecule has 0 saturated heterocycles. The van der Waals surface area contributed by atoms with Crippen LogP contribution in [0.4, 0.5) is 0 Å². The van der Waals surface area contributed by atoms with Gasteiger partial charge in [-0.05, 0) is 59.0 Å². The Labute approximate surface area is 162 Å². The van der Waals surface area contributed by atoms with Crippen LogP contribution in [-0.4, -0.2) is 22.6 Å². The fourth-order valence-corrected chi connectivity index (χ4v) is 3.45. The standard InChI is InChI=1S/C21H23NO4S/c22-21(26)19(27-14-23)13-16-12-11-15(17-8-5-6-9-18(16)17)7-3-1-2-4-10-20(24)25/h5-6,8-9,11-14H,1-4,7,10H2,(H2,22,26)(H,24,25)/b19-13-. The molecule has 6 heteroatoms. The molecule has 0 spiro atoms. The Balaban J connectivity index is 2.17. The number of thioether (sulfide) groups is 1. The molecule has 1 amide bonds. The smallest absolute Gasteiger partial charge is 0.303 e. The number of carbonyl (C=O) groups excluding carboxylic acids is 2. The highest BCUT2D eigenvalue weighted by Gasteiger charge is 2.09. The Morgan fingerprint density at radius 1 is 1.00 bits per heavy atom. The number of benzene rings is 2. The van der Waals surface area contributed by atoms with Gasteiger partial charge in [0.25, 0.3) is 5.91 Å². The van der Waals surface area contributed by atoms with Crippen LogP contribution in [0.3, 0.4) is 0 Å². The number of amides is 1. The second-order valence-electron chi connectivity index (χ2n) is 6.25. The SMILES string of the molecule is NC(=O)/C(=C/c1ccc(CCCCCCC(=O)O)c2ccccc12)SC=O. The number of aryl methyl sites for hydroxylation is 1. The molecule has 0 aliphatic heterocycles. The van der Waals surface area contributed by atoms with Crippen molar-refractivity contribution >= 4 is 46.1 Å². The van der Waals surface area contributed by atoms with E-state index in [9.17, 15) is 14.4 Å². The van der Waals surface area contributed by atoms with Gasteiger partial charge in [-0.2, -0.15) is 0 Å². The largest absolute Gasteiger partial charge is 0.481 e. The number of primary amides is 1. The number of rotatable bonds is 11. The summed E-state index contributed by atoms with van der Waals surface area (Å²) in [6, 6.07) is 11.9. The number of nitrogens with two attached hydrogens (primary N) is 1. The zero-order valence-electron chi connectivity index (χ0n) is 15.0. The quantitative estimate of drug-likeness (QED) is 0.344. The summed E-state index contributed by atoms with van der Waals surface area (Å²) < 4.78 is 0. The lowest BCUT2D eigenvalue weighted by Gasteiger charge is -2.10. The molecule has 0 saturated carbocycles. The molecule has 2 aromatic rings. The van der Waals surface area contributed by atoms with Crippen molar-refractivity contribution in [1.29, 1.82) is 0 Å². The summed E-state index contributed by atoms with van der Waals surface area (Å²) in [6.45, 7) is 0. The third-order valence-electron chi connectivity index (χ3n) is 4.34. The molecule has 0 heterocycles. The number of unbranched alkanes of at least 4 members (excludes halogenated alkanes) is 3. The maximum Gasteiger partial charge on any atom is 0.303 e. The highest BCUT2D eigenvalue weighted by atomic mass is 32.2. The van der Waals surface area contributed by atoms with Crippen molar-refractivity contribution in [2.24, 2.45) is 5.73 Å². The Kier molecular flexibility index (Phi) is 8.07. The van der Waals surface area contributed by atoms with Gasteiger partial charge in [-0.3, -0.25) is 14.4 Å². The first-order chi connectivity index (χ1) is 13.0. The van der Waals surface area contributed by atoms with E-state index < -0.39 is 11.9 Å². The Hall–Kier alpha value is -2.60. The number of carboxylic acids is 1. The molecule has 0 aromatic heterocycles. The van der Waals surface area contributed by atoms with Crippen LogP contribution in [0, 0.1) is 0 Å². The third kappa shape index (κ3) is 6.25. The summed E-state index contributed by atoms with van der Waals surface area (Å²) in [5, 5.41) is 10.8. The van der Waals surface area contributed by atoms with Gasteiger partial charge in [-0.15, -0.1) is 0 Å². The zero-order chi connectivity index (χ0) is 19.6. The average molecular weight is 385 g/mol. The molecule has 0 aliphatic rings. The molecule has 27 heavy (non-hydrogen) atoms. The highest BCUT2D eigenvalue weighted by molar-refractivity contribution is 8.16. The molecule has 0 bridgehead atoms. The molecule has 0 atom stereocenters. The predicted octanol–water partition coefficient (Wildman–Crippen LogP) is 4.17. The summed E-state index contributed by atoms with van der Waals surface area (Å²) in [7, 11) is 0. The molecular formula is C21H23NO4S. The van der Waals surface area contributed by atoms with Crippen LogP contribution in [0.1, 0.15) is 43.2 Å². The van der Waals surface area contributed by atoms with E-state index in [1.54, 1.807) is 6.08 Å². The van der Waals surface area contributed by atoms with Gasteiger partial charge in [0.05, 0.1) is 4.91 Å². The van der Waals surface area contributed by atoms with E-state index in [2.05, 4.69) is 0 Å². The Morgan fingerprint density at radius 3 is 2.37 bits per heavy atom. The van der Waals surface area contributed by atoms with Crippen molar-refractivity contribution < 1.29 is 19.5 Å². The first kappa shape index (κ1) is 20.7. The monoisotopic (exact) mass is 385 g/mol. The molecule has 142 valence electrons. The van der Waals surface area contributed by atoms with Crippen LogP contribution in [0.5, 0.6) is 0 Å². The van der Waals surface area contributed by atoms with Crippen LogP contribution in [0.25, 0.3) is 16.8 Å². The summed E-state index contributed by atoms with van der Waals surface area (Å²) >= 11 is 0.780. The average Bonchev–Trinajstić information content (AvgIpc) is 2.65. The molecule has 3 N–H and O–H groups in total. The fourth-order valence-electron chi connectivity index (χ4n) is 3.03. The minimum absolute atomic E-state index is 0.210. The van der Waals surface area contributed by atoms with Crippen molar-refractivity contribution in [3.8, 4) is 0 Å². The molecule has 0 unspecified atom stereocenters. The van der Waals surface area contributed by atoms with Crippen molar-refractivity contribution in [2.75, 3.05) is 0 Å². The molecule has 0 fully saturated rings. The van der Waals surface area contributed by atoms with Gasteiger partial charge in [0.1, 0.15) is 0 Å². The zero-order valence-corrected chi connectivity index (χ0v) is 15.8. The number of carboxylic acid groups (broad SMARTS) is 1. The summed E-state index contributed by atoms with van der Waals surface area (Å²) in [5.41, 5.74) is 8.00. The number of fused-ring (bicyclic) bond motifs is 1. The highest BCUT2D eigenvalue weighted by Crippen LogP contribution is 2.27. The minimum Gasteiger partial charge on any atom is -0.481 e. The van der Waals surface area contributed by atoms with E-state index in [0.29, 0.717) is 12.0 Å². The van der Waals surface area contributed by atoms with Crippen LogP contribution in [-0.2, 0) is 20.8 Å². The summed E-state index contributed by atoms with van der Waals surface area (Å²) in [6.07, 6.45) is 6.39. The van der Waals surface area contributed by atoms with E-state index in [4.69, 9.17) is 10.8 Å². The van der Waals surface area contributed by atoms with E-state index in [1.807, 2.05) is 36.4 Å². The van der Waals surface area contributed by atoms with Gasteiger partial charge in [0.2, 0.25) is 0 Å². The van der Waals surface area contributed by atoms with E-state index in [1.165, 1.54) is 5.56 Å². The van der Waals surface area contributed by atoms with Gasteiger partial charge >= 0.3 is 5.97 Å². The summed E-state index contributed by atoms with van der Waals surface area (Å²) in [4.78, 5) is 33.0.